The van der Waals surface area contributed by atoms with Crippen molar-refractivity contribution in [3.63, 3.8) is 0 Å². The van der Waals surface area contributed by atoms with E-state index in [-0.39, 0.29) is 12.4 Å². The number of esters is 1. The van der Waals surface area contributed by atoms with E-state index in [0.717, 1.165) is 0 Å². The van der Waals surface area contributed by atoms with Crippen molar-refractivity contribution < 1.29 is 28.6 Å². The zero-order chi connectivity index (χ0) is 18.8. The van der Waals surface area contributed by atoms with E-state index in [1.54, 1.807) is 39.1 Å². The van der Waals surface area contributed by atoms with Crippen molar-refractivity contribution in [1.82, 2.24) is 9.78 Å². The van der Waals surface area contributed by atoms with Gasteiger partial charge in [0.2, 0.25) is 6.79 Å². The van der Waals surface area contributed by atoms with Crippen LogP contribution in [0.3, 0.4) is 0 Å². The fourth-order valence-electron chi connectivity index (χ4n) is 2.57. The van der Waals surface area contributed by atoms with Gasteiger partial charge in [-0.1, -0.05) is 0 Å². The Hall–Kier alpha value is -3.36. The molecule has 0 bridgehead atoms. The molecule has 0 radical (unpaired) electrons. The second-order valence-electron chi connectivity index (χ2n) is 5.69. The van der Waals surface area contributed by atoms with Crippen molar-refractivity contribution in [1.29, 1.82) is 0 Å². The Morgan fingerprint density at radius 1 is 1.23 bits per heavy atom. The molecule has 0 atom stereocenters. The summed E-state index contributed by atoms with van der Waals surface area (Å²) in [6.45, 7) is 2.84. The molecule has 2 aromatic rings. The lowest BCUT2D eigenvalue weighted by Gasteiger charge is -2.07. The summed E-state index contributed by atoms with van der Waals surface area (Å²) in [5.41, 5.74) is 1.63. The Morgan fingerprint density at radius 3 is 2.65 bits per heavy atom. The van der Waals surface area contributed by atoms with Gasteiger partial charge in [0.05, 0.1) is 11.3 Å². The third-order valence-corrected chi connectivity index (χ3v) is 3.91. The number of benzene rings is 1. The number of ether oxygens (including phenoxy) is 3. The summed E-state index contributed by atoms with van der Waals surface area (Å²) < 4.78 is 16.7. The standard InChI is InChI=1S/C17H17N3O6/c1-9-15(10(2)20(3)19-9)16(22)17(23)24-7-14(21)18-11-4-5-12-13(6-11)26-8-25-12/h4-6H,7-8H2,1-3H3,(H,18,21). The maximum Gasteiger partial charge on any atom is 0.380 e. The SMILES string of the molecule is Cc1nn(C)c(C)c1C(=O)C(=O)OCC(=O)Nc1ccc2c(c1)OCO2. The molecule has 2 heterocycles. The van der Waals surface area contributed by atoms with E-state index in [0.29, 0.717) is 28.6 Å². The molecule has 1 N–H and O–H groups in total. The van der Waals surface area contributed by atoms with Crippen LogP contribution in [0, 0.1) is 13.8 Å². The topological polar surface area (TPSA) is 109 Å². The first-order valence-electron chi connectivity index (χ1n) is 7.78. The van der Waals surface area contributed by atoms with Crippen LogP contribution < -0.4 is 14.8 Å². The van der Waals surface area contributed by atoms with Gasteiger partial charge < -0.3 is 19.5 Å². The molecule has 3 rings (SSSR count). The number of carbonyl (C=O) groups is 3. The summed E-state index contributed by atoms with van der Waals surface area (Å²) in [6.07, 6.45) is 0. The van der Waals surface area contributed by atoms with Gasteiger partial charge in [-0.3, -0.25) is 14.3 Å². The zero-order valence-corrected chi connectivity index (χ0v) is 14.5. The second kappa shape index (κ2) is 6.87. The maximum absolute atomic E-state index is 12.2. The molecule has 1 aromatic heterocycles. The van der Waals surface area contributed by atoms with Gasteiger partial charge in [-0.15, -0.1) is 0 Å². The lowest BCUT2D eigenvalue weighted by Crippen LogP contribution is -2.25. The van der Waals surface area contributed by atoms with E-state index < -0.39 is 24.3 Å². The number of aromatic nitrogens is 2. The highest BCUT2D eigenvalue weighted by Gasteiger charge is 2.26. The number of hydrogen-bond acceptors (Lipinski definition) is 7. The predicted molar refractivity (Wildman–Crippen MR) is 89.2 cm³/mol. The molecular weight excluding hydrogens is 342 g/mol. The summed E-state index contributed by atoms with van der Waals surface area (Å²) in [5, 5.41) is 6.63. The van der Waals surface area contributed by atoms with Crippen LogP contribution in [-0.2, 0) is 21.4 Å². The highest BCUT2D eigenvalue weighted by Crippen LogP contribution is 2.34. The van der Waals surface area contributed by atoms with Gasteiger partial charge >= 0.3 is 5.97 Å². The van der Waals surface area contributed by atoms with E-state index in [1.165, 1.54) is 4.68 Å². The van der Waals surface area contributed by atoms with Crippen LogP contribution in [0.15, 0.2) is 18.2 Å². The minimum absolute atomic E-state index is 0.125. The molecule has 1 aliphatic heterocycles. The van der Waals surface area contributed by atoms with Crippen molar-refractivity contribution in [3.05, 3.63) is 35.2 Å². The molecule has 0 aliphatic carbocycles. The van der Waals surface area contributed by atoms with E-state index in [4.69, 9.17) is 14.2 Å². The van der Waals surface area contributed by atoms with E-state index in [2.05, 4.69) is 10.4 Å². The van der Waals surface area contributed by atoms with Gasteiger partial charge in [0, 0.05) is 24.5 Å². The summed E-state index contributed by atoms with van der Waals surface area (Å²) in [7, 11) is 1.67. The van der Waals surface area contributed by atoms with Crippen LogP contribution >= 0.6 is 0 Å². The van der Waals surface area contributed by atoms with Gasteiger partial charge in [-0.25, -0.2) is 4.79 Å². The summed E-state index contributed by atoms with van der Waals surface area (Å²) >= 11 is 0. The average Bonchev–Trinajstić information content (AvgIpc) is 3.16. The highest BCUT2D eigenvalue weighted by molar-refractivity contribution is 6.41. The fourth-order valence-corrected chi connectivity index (χ4v) is 2.57. The van der Waals surface area contributed by atoms with Crippen molar-refractivity contribution >= 4 is 23.3 Å². The van der Waals surface area contributed by atoms with Crippen LogP contribution in [0.25, 0.3) is 0 Å². The molecule has 9 nitrogen and oxygen atoms in total. The number of rotatable bonds is 5. The molecule has 1 amide bonds. The van der Waals surface area contributed by atoms with Crippen LogP contribution in [0.1, 0.15) is 21.7 Å². The van der Waals surface area contributed by atoms with Crippen molar-refractivity contribution in [2.45, 2.75) is 13.8 Å². The number of anilines is 1. The first kappa shape index (κ1) is 17.5. The molecule has 0 unspecified atom stereocenters. The zero-order valence-electron chi connectivity index (χ0n) is 14.5. The van der Waals surface area contributed by atoms with Crippen molar-refractivity contribution in [2.75, 3.05) is 18.7 Å². The fraction of sp³-hybridized carbons (Fsp3) is 0.294. The predicted octanol–water partition coefficient (Wildman–Crippen LogP) is 1.13. The number of nitrogens with zero attached hydrogens (tertiary/aromatic N) is 2. The summed E-state index contributed by atoms with van der Waals surface area (Å²) in [4.78, 5) is 36.1. The number of ketones is 1. The Labute approximate surface area is 148 Å². The molecule has 0 saturated carbocycles. The molecule has 1 aliphatic rings. The molecule has 26 heavy (non-hydrogen) atoms. The monoisotopic (exact) mass is 359 g/mol. The van der Waals surface area contributed by atoms with E-state index in [1.807, 2.05) is 0 Å². The third kappa shape index (κ3) is 3.37. The Balaban J connectivity index is 1.57. The lowest BCUT2D eigenvalue weighted by atomic mass is 10.1. The number of amides is 1. The quantitative estimate of drug-likeness (QED) is 0.484. The normalized spacial score (nSPS) is 12.0. The Bertz CT molecular complexity index is 902. The van der Waals surface area contributed by atoms with Gasteiger partial charge in [0.15, 0.2) is 18.1 Å². The molecule has 0 spiro atoms. The third-order valence-electron chi connectivity index (χ3n) is 3.91. The van der Waals surface area contributed by atoms with Gasteiger partial charge in [-0.05, 0) is 26.0 Å². The van der Waals surface area contributed by atoms with Gasteiger partial charge in [0.1, 0.15) is 0 Å². The summed E-state index contributed by atoms with van der Waals surface area (Å²) in [6, 6.07) is 4.87. The average molecular weight is 359 g/mol. The molecule has 0 fully saturated rings. The number of nitrogens with one attached hydrogen (secondary N) is 1. The van der Waals surface area contributed by atoms with Crippen LogP contribution in [0.2, 0.25) is 0 Å². The number of hydrogen-bond donors (Lipinski definition) is 1. The highest BCUT2D eigenvalue weighted by atomic mass is 16.7. The number of fused-ring (bicyclic) bond motifs is 1. The molecular formula is C17H17N3O6. The maximum atomic E-state index is 12.2. The lowest BCUT2D eigenvalue weighted by molar-refractivity contribution is -0.142. The van der Waals surface area contributed by atoms with Crippen LogP contribution in [-0.4, -0.2) is 40.8 Å². The number of carbonyl (C=O) groups excluding carboxylic acids is 3. The van der Waals surface area contributed by atoms with Gasteiger partial charge in [0.25, 0.3) is 11.7 Å². The van der Waals surface area contributed by atoms with Crippen LogP contribution in [0.4, 0.5) is 5.69 Å². The summed E-state index contributed by atoms with van der Waals surface area (Å²) in [5.74, 6) is -1.42. The Morgan fingerprint density at radius 2 is 1.96 bits per heavy atom. The number of aryl methyl sites for hydroxylation is 2. The first-order valence-corrected chi connectivity index (χ1v) is 7.78. The number of Topliss-reactive ketones (excluding diaryl/α,β-unsaturated/α-hetero) is 1. The largest absolute Gasteiger partial charge is 0.454 e. The second-order valence-corrected chi connectivity index (χ2v) is 5.69. The van der Waals surface area contributed by atoms with Gasteiger partial charge in [-0.2, -0.15) is 5.10 Å². The molecule has 136 valence electrons. The van der Waals surface area contributed by atoms with E-state index >= 15 is 0 Å². The minimum atomic E-state index is -1.11. The minimum Gasteiger partial charge on any atom is -0.454 e. The molecule has 9 heteroatoms. The van der Waals surface area contributed by atoms with E-state index in [9.17, 15) is 14.4 Å². The Kier molecular flexibility index (Phi) is 4.61. The smallest absolute Gasteiger partial charge is 0.380 e. The van der Waals surface area contributed by atoms with Crippen LogP contribution in [0.5, 0.6) is 11.5 Å². The molecule has 1 aromatic carbocycles. The molecule has 0 saturated heterocycles. The van der Waals surface area contributed by atoms with Crippen molar-refractivity contribution in [2.24, 2.45) is 7.05 Å². The van der Waals surface area contributed by atoms with Crippen molar-refractivity contribution in [3.8, 4) is 11.5 Å². The first-order chi connectivity index (χ1) is 12.4.